The normalized spacial score (nSPS) is 16.0. The largest absolute Gasteiger partial charge is 0.383 e. The van der Waals surface area contributed by atoms with Crippen LogP contribution in [0.15, 0.2) is 24.3 Å². The monoisotopic (exact) mass is 431 g/mol. The Kier molecular flexibility index (Phi) is 9.04. The lowest BCUT2D eigenvalue weighted by molar-refractivity contribution is -0.134. The Bertz CT molecular complexity index is 764. The molecule has 0 unspecified atom stereocenters. The number of methoxy groups -OCH3 is 1. The van der Waals surface area contributed by atoms with Gasteiger partial charge >= 0.3 is 0 Å². The number of aryl methyl sites for hydroxylation is 1. The molecule has 7 heteroatoms. The summed E-state index contributed by atoms with van der Waals surface area (Å²) in [6.45, 7) is 10.0. The number of carbonyl (C=O) groups is 3. The van der Waals surface area contributed by atoms with E-state index in [-0.39, 0.29) is 29.1 Å². The first-order valence-electron chi connectivity index (χ1n) is 11.0. The molecule has 172 valence electrons. The summed E-state index contributed by atoms with van der Waals surface area (Å²) in [5, 5.41) is 5.82. The van der Waals surface area contributed by atoms with Gasteiger partial charge < -0.3 is 20.3 Å². The minimum atomic E-state index is -0.649. The maximum Gasteiger partial charge on any atom is 0.252 e. The van der Waals surface area contributed by atoms with Crippen molar-refractivity contribution in [2.24, 2.45) is 11.3 Å². The molecule has 0 aliphatic carbocycles. The van der Waals surface area contributed by atoms with Crippen LogP contribution < -0.4 is 10.6 Å². The van der Waals surface area contributed by atoms with Crippen LogP contribution in [-0.4, -0.2) is 62.0 Å². The first-order chi connectivity index (χ1) is 14.6. The zero-order chi connectivity index (χ0) is 23.0. The average molecular weight is 432 g/mol. The average Bonchev–Trinajstić information content (AvgIpc) is 2.71. The quantitative estimate of drug-likeness (QED) is 0.619. The van der Waals surface area contributed by atoms with Crippen molar-refractivity contribution in [2.75, 3.05) is 33.4 Å². The van der Waals surface area contributed by atoms with E-state index in [0.717, 1.165) is 5.56 Å². The van der Waals surface area contributed by atoms with E-state index < -0.39 is 6.04 Å². The molecule has 1 aliphatic heterocycles. The van der Waals surface area contributed by atoms with Gasteiger partial charge in [-0.15, -0.1) is 0 Å². The Labute approximate surface area is 185 Å². The summed E-state index contributed by atoms with van der Waals surface area (Å²) in [4.78, 5) is 40.3. The van der Waals surface area contributed by atoms with Crippen molar-refractivity contribution in [1.29, 1.82) is 0 Å². The zero-order valence-corrected chi connectivity index (χ0v) is 19.5. The molecule has 1 atom stereocenters. The first-order valence-corrected chi connectivity index (χ1v) is 11.0. The molecule has 1 fully saturated rings. The molecule has 7 nitrogen and oxygen atoms in total. The molecule has 0 bridgehead atoms. The molecule has 1 heterocycles. The molecule has 3 amide bonds. The van der Waals surface area contributed by atoms with Gasteiger partial charge in [0.15, 0.2) is 0 Å². The number of rotatable bonds is 8. The molecule has 0 radical (unpaired) electrons. The number of amides is 3. The van der Waals surface area contributed by atoms with Gasteiger partial charge in [0.2, 0.25) is 11.8 Å². The lowest BCUT2D eigenvalue weighted by atomic mass is 9.87. The molecule has 2 N–H and O–H groups in total. The summed E-state index contributed by atoms with van der Waals surface area (Å²) in [6.07, 6.45) is 1.85. The number of hydrogen-bond donors (Lipinski definition) is 2. The number of ether oxygens (including phenoxy) is 1. The van der Waals surface area contributed by atoms with Crippen LogP contribution in [0.4, 0.5) is 0 Å². The van der Waals surface area contributed by atoms with Crippen molar-refractivity contribution in [3.8, 4) is 0 Å². The second-order valence-electron chi connectivity index (χ2n) is 9.51. The van der Waals surface area contributed by atoms with Crippen molar-refractivity contribution < 1.29 is 19.1 Å². The van der Waals surface area contributed by atoms with Gasteiger partial charge in [-0.05, 0) is 42.7 Å². The Morgan fingerprint density at radius 3 is 2.39 bits per heavy atom. The van der Waals surface area contributed by atoms with Crippen LogP contribution in [0.5, 0.6) is 0 Å². The Morgan fingerprint density at radius 2 is 1.81 bits per heavy atom. The second kappa shape index (κ2) is 11.3. The summed E-state index contributed by atoms with van der Waals surface area (Å²) in [5.74, 6) is -0.347. The fourth-order valence-electron chi connectivity index (χ4n) is 3.88. The predicted molar refractivity (Wildman–Crippen MR) is 121 cm³/mol. The Morgan fingerprint density at radius 1 is 1.16 bits per heavy atom. The molecule has 0 spiro atoms. The third-order valence-corrected chi connectivity index (χ3v) is 5.61. The van der Waals surface area contributed by atoms with Crippen molar-refractivity contribution in [3.05, 3.63) is 35.4 Å². The van der Waals surface area contributed by atoms with Crippen LogP contribution in [0, 0.1) is 18.3 Å². The number of benzene rings is 1. The Hall–Kier alpha value is -2.41. The van der Waals surface area contributed by atoms with Gasteiger partial charge in [-0.25, -0.2) is 0 Å². The number of nitrogens with zero attached hydrogens (tertiary/aromatic N) is 1. The smallest absolute Gasteiger partial charge is 0.252 e. The van der Waals surface area contributed by atoms with Crippen LogP contribution in [0.2, 0.25) is 0 Å². The highest BCUT2D eigenvalue weighted by Crippen LogP contribution is 2.25. The zero-order valence-electron chi connectivity index (χ0n) is 19.5. The van der Waals surface area contributed by atoms with Crippen LogP contribution in [0.3, 0.4) is 0 Å². The molecule has 1 saturated heterocycles. The number of piperidine rings is 1. The second-order valence-corrected chi connectivity index (χ2v) is 9.51. The molecular formula is C24H37N3O4. The number of likely N-dealkylation sites (tertiary alicyclic amines) is 1. The standard InChI is InChI=1S/C24H37N3O4/c1-17-8-6-7-9-19(17)22(29)26-21(23(30)25-12-15-31-5)18-10-13-27(14-11-18)20(28)16-24(2,3)4/h6-9,18,21H,10-16H2,1-5H3,(H,25,30)(H,26,29)/t21-/m0/s1. The fraction of sp³-hybridized carbons (Fsp3) is 0.625. The summed E-state index contributed by atoms with van der Waals surface area (Å²) >= 11 is 0. The highest BCUT2D eigenvalue weighted by atomic mass is 16.5. The number of nitrogens with one attached hydrogen (secondary N) is 2. The highest BCUT2D eigenvalue weighted by Gasteiger charge is 2.34. The molecule has 2 rings (SSSR count). The molecule has 0 aromatic heterocycles. The molecule has 31 heavy (non-hydrogen) atoms. The number of hydrogen-bond acceptors (Lipinski definition) is 4. The fourth-order valence-corrected chi connectivity index (χ4v) is 3.88. The summed E-state index contributed by atoms with van der Waals surface area (Å²) < 4.78 is 5.02. The SMILES string of the molecule is COCCNC(=O)[C@@H](NC(=O)c1ccccc1C)C1CCN(C(=O)CC(C)(C)C)CC1. The first kappa shape index (κ1) is 24.9. The molecule has 1 aliphatic rings. The predicted octanol–water partition coefficient (Wildman–Crippen LogP) is 2.53. The third-order valence-electron chi connectivity index (χ3n) is 5.61. The van der Waals surface area contributed by atoms with Crippen LogP contribution in [0.1, 0.15) is 56.0 Å². The van der Waals surface area contributed by atoms with E-state index >= 15 is 0 Å². The van der Waals surface area contributed by atoms with Crippen molar-refractivity contribution in [2.45, 2.75) is 53.0 Å². The highest BCUT2D eigenvalue weighted by molar-refractivity contribution is 5.98. The maximum atomic E-state index is 12.9. The van der Waals surface area contributed by atoms with E-state index in [0.29, 0.717) is 51.1 Å². The van der Waals surface area contributed by atoms with Gasteiger partial charge in [-0.3, -0.25) is 14.4 Å². The van der Waals surface area contributed by atoms with E-state index in [2.05, 4.69) is 31.4 Å². The van der Waals surface area contributed by atoms with Crippen LogP contribution in [-0.2, 0) is 14.3 Å². The Balaban J connectivity index is 2.07. The van der Waals surface area contributed by atoms with Crippen molar-refractivity contribution >= 4 is 17.7 Å². The van der Waals surface area contributed by atoms with E-state index in [4.69, 9.17) is 4.74 Å². The van der Waals surface area contributed by atoms with Crippen molar-refractivity contribution in [1.82, 2.24) is 15.5 Å². The van der Waals surface area contributed by atoms with Gasteiger partial charge in [-0.2, -0.15) is 0 Å². The van der Waals surface area contributed by atoms with Gasteiger partial charge in [0, 0.05) is 38.7 Å². The van der Waals surface area contributed by atoms with Crippen LogP contribution >= 0.6 is 0 Å². The van der Waals surface area contributed by atoms with Gasteiger partial charge in [0.1, 0.15) is 6.04 Å². The molecular weight excluding hydrogens is 394 g/mol. The minimum absolute atomic E-state index is 0.0331. The van der Waals surface area contributed by atoms with Gasteiger partial charge in [0.25, 0.3) is 5.91 Å². The third kappa shape index (κ3) is 7.65. The molecule has 1 aromatic rings. The minimum Gasteiger partial charge on any atom is -0.383 e. The lowest BCUT2D eigenvalue weighted by Crippen LogP contribution is -2.54. The van der Waals surface area contributed by atoms with Crippen LogP contribution in [0.25, 0.3) is 0 Å². The number of carbonyl (C=O) groups excluding carboxylic acids is 3. The lowest BCUT2D eigenvalue weighted by Gasteiger charge is -2.36. The van der Waals surface area contributed by atoms with Gasteiger partial charge in [0.05, 0.1) is 6.61 Å². The summed E-state index contributed by atoms with van der Waals surface area (Å²) in [5.41, 5.74) is 1.37. The van der Waals surface area contributed by atoms with E-state index in [1.54, 1.807) is 13.2 Å². The maximum absolute atomic E-state index is 12.9. The van der Waals surface area contributed by atoms with Gasteiger partial charge in [-0.1, -0.05) is 39.0 Å². The summed E-state index contributed by atoms with van der Waals surface area (Å²) in [7, 11) is 1.58. The molecule has 1 aromatic carbocycles. The van der Waals surface area contributed by atoms with E-state index in [1.165, 1.54) is 0 Å². The molecule has 0 saturated carbocycles. The topological polar surface area (TPSA) is 87.7 Å². The van der Waals surface area contributed by atoms with Crippen molar-refractivity contribution in [3.63, 3.8) is 0 Å². The summed E-state index contributed by atoms with van der Waals surface area (Å²) in [6, 6.07) is 6.68. The van der Waals surface area contributed by atoms with E-state index in [1.807, 2.05) is 30.0 Å². The van der Waals surface area contributed by atoms with E-state index in [9.17, 15) is 14.4 Å².